The van der Waals surface area contributed by atoms with E-state index in [0.29, 0.717) is 5.56 Å². The van der Waals surface area contributed by atoms with Crippen molar-refractivity contribution >= 4 is 17.9 Å². The fourth-order valence-electron chi connectivity index (χ4n) is 3.02. The minimum Gasteiger partial charge on any atom is -0.355 e. The van der Waals surface area contributed by atoms with Crippen LogP contribution in [0.15, 0.2) is 48.5 Å². The van der Waals surface area contributed by atoms with Crippen molar-refractivity contribution in [1.29, 1.82) is 0 Å². The molecule has 25 heavy (non-hydrogen) atoms. The molecule has 0 fully saturated rings. The van der Waals surface area contributed by atoms with E-state index in [-0.39, 0.29) is 23.7 Å². The van der Waals surface area contributed by atoms with Crippen LogP contribution in [0, 0.1) is 5.82 Å². The molecule has 0 bridgehead atoms. The third-order valence-corrected chi connectivity index (χ3v) is 4.33. The Hall–Kier alpha value is -2.95. The molecule has 0 aromatic heterocycles. The summed E-state index contributed by atoms with van der Waals surface area (Å²) in [6, 6.07) is 11.6. The Morgan fingerprint density at radius 2 is 1.92 bits per heavy atom. The van der Waals surface area contributed by atoms with Gasteiger partial charge in [-0.05, 0) is 59.9 Å². The third-order valence-electron chi connectivity index (χ3n) is 4.33. The van der Waals surface area contributed by atoms with E-state index in [1.807, 2.05) is 0 Å². The Kier molecular flexibility index (Phi) is 4.93. The van der Waals surface area contributed by atoms with Crippen molar-refractivity contribution in [2.45, 2.75) is 18.9 Å². The van der Waals surface area contributed by atoms with Gasteiger partial charge in [-0.1, -0.05) is 18.2 Å². The molecule has 128 valence electrons. The van der Waals surface area contributed by atoms with Gasteiger partial charge in [0.15, 0.2) is 0 Å². The van der Waals surface area contributed by atoms with Crippen LogP contribution in [0.3, 0.4) is 0 Å². The van der Waals surface area contributed by atoms with Gasteiger partial charge >= 0.3 is 0 Å². The van der Waals surface area contributed by atoms with Crippen LogP contribution >= 0.6 is 0 Å². The Labute approximate surface area is 145 Å². The minimum absolute atomic E-state index is 0.0802. The summed E-state index contributed by atoms with van der Waals surface area (Å²) in [5.74, 6) is -0.590. The highest BCUT2D eigenvalue weighted by Crippen LogP contribution is 2.31. The second-order valence-electron chi connectivity index (χ2n) is 5.98. The van der Waals surface area contributed by atoms with Gasteiger partial charge in [-0.2, -0.15) is 0 Å². The third kappa shape index (κ3) is 3.94. The molecule has 1 aliphatic carbocycles. The quantitative estimate of drug-likeness (QED) is 0.842. The monoisotopic (exact) mass is 338 g/mol. The van der Waals surface area contributed by atoms with Gasteiger partial charge in [-0.25, -0.2) is 4.39 Å². The largest absolute Gasteiger partial charge is 0.355 e. The average molecular weight is 338 g/mol. The maximum absolute atomic E-state index is 13.2. The first kappa shape index (κ1) is 16.9. The summed E-state index contributed by atoms with van der Waals surface area (Å²) in [6.07, 6.45) is 4.71. The Balaban J connectivity index is 1.62. The highest BCUT2D eigenvalue weighted by molar-refractivity contribution is 5.95. The second kappa shape index (κ2) is 7.30. The molecule has 4 nitrogen and oxygen atoms in total. The van der Waals surface area contributed by atoms with Crippen LogP contribution in [0.25, 0.3) is 6.08 Å². The highest BCUT2D eigenvalue weighted by atomic mass is 19.1. The number of halogens is 1. The summed E-state index contributed by atoms with van der Waals surface area (Å²) in [5.41, 5.74) is 3.34. The first-order valence-electron chi connectivity index (χ1n) is 8.16. The van der Waals surface area contributed by atoms with E-state index in [4.69, 9.17) is 0 Å². The molecule has 1 aliphatic rings. The first-order valence-corrected chi connectivity index (χ1v) is 8.16. The smallest absolute Gasteiger partial charge is 0.251 e. The lowest BCUT2D eigenvalue weighted by atomic mass is 10.1. The molecule has 0 unspecified atom stereocenters. The van der Waals surface area contributed by atoms with Crippen LogP contribution in [-0.4, -0.2) is 18.9 Å². The molecular weight excluding hydrogens is 319 g/mol. The summed E-state index contributed by atoms with van der Waals surface area (Å²) in [6.45, 7) is 0. The summed E-state index contributed by atoms with van der Waals surface area (Å²) in [5, 5.41) is 5.51. The SMILES string of the molecule is CNC(=O)c1ccc(/C=C/C(=O)N[C@@H]2CCc3cc(F)ccc32)cc1. The molecule has 0 saturated carbocycles. The summed E-state index contributed by atoms with van der Waals surface area (Å²) in [4.78, 5) is 23.6. The van der Waals surface area contributed by atoms with Crippen molar-refractivity contribution < 1.29 is 14.0 Å². The fourth-order valence-corrected chi connectivity index (χ4v) is 3.02. The van der Waals surface area contributed by atoms with Crippen LogP contribution in [-0.2, 0) is 11.2 Å². The van der Waals surface area contributed by atoms with Gasteiger partial charge < -0.3 is 10.6 Å². The zero-order chi connectivity index (χ0) is 17.8. The standard InChI is InChI=1S/C20H19FN2O2/c1-22-20(25)14-5-2-13(3-6-14)4-11-19(24)23-18-10-7-15-12-16(21)8-9-17(15)18/h2-6,8-9,11-12,18H,7,10H2,1H3,(H,22,25)(H,23,24)/b11-4+/t18-/m1/s1. The fraction of sp³-hybridized carbons (Fsp3) is 0.200. The van der Waals surface area contributed by atoms with E-state index in [1.165, 1.54) is 18.2 Å². The van der Waals surface area contributed by atoms with Gasteiger partial charge in [0, 0.05) is 18.7 Å². The van der Waals surface area contributed by atoms with Crippen molar-refractivity contribution in [2.24, 2.45) is 0 Å². The highest BCUT2D eigenvalue weighted by Gasteiger charge is 2.23. The predicted octanol–water partition coefficient (Wildman–Crippen LogP) is 3.00. The van der Waals surface area contributed by atoms with E-state index in [9.17, 15) is 14.0 Å². The van der Waals surface area contributed by atoms with Gasteiger partial charge in [0.2, 0.25) is 5.91 Å². The number of rotatable bonds is 4. The average Bonchev–Trinajstić information content (AvgIpc) is 3.01. The zero-order valence-corrected chi connectivity index (χ0v) is 13.9. The molecule has 2 N–H and O–H groups in total. The number of amides is 2. The first-order chi connectivity index (χ1) is 12.1. The summed E-state index contributed by atoms with van der Waals surface area (Å²) >= 11 is 0. The van der Waals surface area contributed by atoms with Crippen molar-refractivity contribution in [1.82, 2.24) is 10.6 Å². The lowest BCUT2D eigenvalue weighted by molar-refractivity contribution is -0.117. The normalized spacial score (nSPS) is 15.8. The number of benzene rings is 2. The van der Waals surface area contributed by atoms with Crippen LogP contribution in [0.2, 0.25) is 0 Å². The molecular formula is C20H19FN2O2. The Bertz CT molecular complexity index is 828. The minimum atomic E-state index is -0.245. The van der Waals surface area contributed by atoms with E-state index < -0.39 is 0 Å². The Morgan fingerprint density at radius 3 is 2.64 bits per heavy atom. The molecule has 0 radical (unpaired) electrons. The second-order valence-corrected chi connectivity index (χ2v) is 5.98. The number of hydrogen-bond acceptors (Lipinski definition) is 2. The summed E-state index contributed by atoms with van der Waals surface area (Å²) < 4.78 is 13.2. The van der Waals surface area contributed by atoms with E-state index in [1.54, 1.807) is 43.5 Å². The maximum Gasteiger partial charge on any atom is 0.251 e. The molecule has 1 atom stereocenters. The van der Waals surface area contributed by atoms with Gasteiger partial charge in [0.1, 0.15) is 5.82 Å². The molecule has 0 heterocycles. The van der Waals surface area contributed by atoms with Gasteiger partial charge in [0.05, 0.1) is 6.04 Å². The van der Waals surface area contributed by atoms with Crippen molar-refractivity contribution in [3.05, 3.63) is 76.6 Å². The molecule has 0 spiro atoms. The van der Waals surface area contributed by atoms with Crippen LogP contribution in [0.5, 0.6) is 0 Å². The lowest BCUT2D eigenvalue weighted by Crippen LogP contribution is -2.25. The topological polar surface area (TPSA) is 58.2 Å². The number of hydrogen-bond donors (Lipinski definition) is 2. The number of nitrogens with one attached hydrogen (secondary N) is 2. The predicted molar refractivity (Wildman–Crippen MR) is 94.5 cm³/mol. The van der Waals surface area contributed by atoms with Gasteiger partial charge in [0.25, 0.3) is 5.91 Å². The number of fused-ring (bicyclic) bond motifs is 1. The molecule has 0 aliphatic heterocycles. The van der Waals surface area contributed by atoms with Crippen LogP contribution < -0.4 is 10.6 Å². The zero-order valence-electron chi connectivity index (χ0n) is 13.9. The maximum atomic E-state index is 13.2. The van der Waals surface area contributed by atoms with E-state index >= 15 is 0 Å². The van der Waals surface area contributed by atoms with Crippen molar-refractivity contribution in [2.75, 3.05) is 7.05 Å². The molecule has 2 aromatic carbocycles. The number of aryl methyl sites for hydroxylation is 1. The molecule has 2 amide bonds. The molecule has 2 aromatic rings. The molecule has 3 rings (SSSR count). The van der Waals surface area contributed by atoms with Crippen LogP contribution in [0.1, 0.15) is 39.5 Å². The van der Waals surface area contributed by atoms with E-state index in [0.717, 1.165) is 29.5 Å². The van der Waals surface area contributed by atoms with Gasteiger partial charge in [-0.15, -0.1) is 0 Å². The van der Waals surface area contributed by atoms with E-state index in [2.05, 4.69) is 10.6 Å². The molecule has 5 heteroatoms. The summed E-state index contributed by atoms with van der Waals surface area (Å²) in [7, 11) is 1.58. The van der Waals surface area contributed by atoms with Crippen LogP contribution in [0.4, 0.5) is 4.39 Å². The Morgan fingerprint density at radius 1 is 1.16 bits per heavy atom. The van der Waals surface area contributed by atoms with Gasteiger partial charge in [-0.3, -0.25) is 9.59 Å². The van der Waals surface area contributed by atoms with Crippen molar-refractivity contribution in [3.8, 4) is 0 Å². The lowest BCUT2D eigenvalue weighted by Gasteiger charge is -2.12. The number of carbonyl (C=O) groups excluding carboxylic acids is 2. The van der Waals surface area contributed by atoms with Crippen molar-refractivity contribution in [3.63, 3.8) is 0 Å². The number of carbonyl (C=O) groups is 2. The molecule has 0 saturated heterocycles.